The Morgan fingerprint density at radius 3 is 2.62 bits per heavy atom. The SMILES string of the molecule is C[C@H]1CC[C@@H](CO)[NH2+]1. The van der Waals surface area contributed by atoms with E-state index in [1.165, 1.54) is 12.8 Å². The number of aliphatic hydroxyl groups excluding tert-OH is 1. The summed E-state index contributed by atoms with van der Waals surface area (Å²) in [5.41, 5.74) is 0. The third-order valence-corrected chi connectivity index (χ3v) is 1.83. The molecule has 1 rings (SSSR count). The van der Waals surface area contributed by atoms with Crippen molar-refractivity contribution in [1.29, 1.82) is 0 Å². The highest BCUT2D eigenvalue weighted by Gasteiger charge is 2.22. The Bertz CT molecular complexity index is 74.9. The van der Waals surface area contributed by atoms with Crippen LogP contribution in [0.2, 0.25) is 0 Å². The van der Waals surface area contributed by atoms with Gasteiger partial charge < -0.3 is 10.4 Å². The van der Waals surface area contributed by atoms with E-state index in [4.69, 9.17) is 5.11 Å². The van der Waals surface area contributed by atoms with Crippen molar-refractivity contribution >= 4 is 0 Å². The van der Waals surface area contributed by atoms with Gasteiger partial charge in [-0.1, -0.05) is 0 Å². The van der Waals surface area contributed by atoms with Crippen LogP contribution in [0.5, 0.6) is 0 Å². The second-order valence-corrected chi connectivity index (χ2v) is 2.69. The first-order valence-electron chi connectivity index (χ1n) is 3.28. The molecule has 0 radical (unpaired) electrons. The molecule has 48 valence electrons. The van der Waals surface area contributed by atoms with E-state index >= 15 is 0 Å². The summed E-state index contributed by atoms with van der Waals surface area (Å²) >= 11 is 0. The third-order valence-electron chi connectivity index (χ3n) is 1.83. The van der Waals surface area contributed by atoms with Crippen LogP contribution in [0.15, 0.2) is 0 Å². The summed E-state index contributed by atoms with van der Waals surface area (Å²) in [6.07, 6.45) is 2.46. The Kier molecular flexibility index (Phi) is 1.86. The van der Waals surface area contributed by atoms with E-state index in [1.807, 2.05) is 0 Å². The van der Waals surface area contributed by atoms with Crippen LogP contribution in [0.4, 0.5) is 0 Å². The Balaban J connectivity index is 2.22. The molecular weight excluding hydrogens is 102 g/mol. The number of quaternary nitrogens is 1. The molecule has 1 heterocycles. The van der Waals surface area contributed by atoms with Crippen molar-refractivity contribution in [3.8, 4) is 0 Å². The molecule has 0 aliphatic carbocycles. The van der Waals surface area contributed by atoms with E-state index in [2.05, 4.69) is 12.2 Å². The van der Waals surface area contributed by atoms with Gasteiger partial charge in [0.15, 0.2) is 0 Å². The monoisotopic (exact) mass is 116 g/mol. The second-order valence-electron chi connectivity index (χ2n) is 2.69. The topological polar surface area (TPSA) is 36.8 Å². The van der Waals surface area contributed by atoms with Crippen LogP contribution in [0.25, 0.3) is 0 Å². The fourth-order valence-corrected chi connectivity index (χ4v) is 1.29. The third kappa shape index (κ3) is 1.20. The van der Waals surface area contributed by atoms with Crippen LogP contribution in [0.1, 0.15) is 19.8 Å². The summed E-state index contributed by atoms with van der Waals surface area (Å²) in [6, 6.07) is 1.25. The van der Waals surface area contributed by atoms with Crippen LogP contribution in [-0.2, 0) is 0 Å². The zero-order valence-corrected chi connectivity index (χ0v) is 5.30. The molecule has 0 spiro atoms. The predicted molar refractivity (Wildman–Crippen MR) is 31.5 cm³/mol. The molecule has 8 heavy (non-hydrogen) atoms. The minimum atomic E-state index is 0.352. The molecule has 2 atom stereocenters. The van der Waals surface area contributed by atoms with E-state index in [1.54, 1.807) is 0 Å². The molecule has 0 bridgehead atoms. The smallest absolute Gasteiger partial charge is 0.110 e. The summed E-state index contributed by atoms with van der Waals surface area (Å²) in [6.45, 7) is 2.56. The molecule has 0 amide bonds. The molecular formula is C6H14NO+. The minimum Gasteiger partial charge on any atom is -0.390 e. The zero-order chi connectivity index (χ0) is 5.98. The van der Waals surface area contributed by atoms with Gasteiger partial charge in [-0.2, -0.15) is 0 Å². The molecule has 2 heteroatoms. The highest BCUT2D eigenvalue weighted by atomic mass is 16.3. The van der Waals surface area contributed by atoms with Crippen molar-refractivity contribution in [2.75, 3.05) is 6.61 Å². The van der Waals surface area contributed by atoms with Crippen molar-refractivity contribution in [3.05, 3.63) is 0 Å². The van der Waals surface area contributed by atoms with Crippen LogP contribution >= 0.6 is 0 Å². The van der Waals surface area contributed by atoms with Gasteiger partial charge in [-0.3, -0.25) is 0 Å². The van der Waals surface area contributed by atoms with Gasteiger partial charge in [-0.05, 0) is 6.92 Å². The van der Waals surface area contributed by atoms with E-state index in [9.17, 15) is 0 Å². The molecule has 2 nitrogen and oxygen atoms in total. The van der Waals surface area contributed by atoms with Gasteiger partial charge in [-0.15, -0.1) is 0 Å². The lowest BCUT2D eigenvalue weighted by atomic mass is 10.2. The molecule has 1 fully saturated rings. The molecule has 1 aliphatic heterocycles. The molecule has 1 aliphatic rings. The van der Waals surface area contributed by atoms with Crippen LogP contribution in [0.3, 0.4) is 0 Å². The molecule has 0 saturated carbocycles. The maximum absolute atomic E-state index is 8.65. The van der Waals surface area contributed by atoms with E-state index in [-0.39, 0.29) is 0 Å². The van der Waals surface area contributed by atoms with Gasteiger partial charge in [0.25, 0.3) is 0 Å². The molecule has 0 aromatic carbocycles. The fourth-order valence-electron chi connectivity index (χ4n) is 1.29. The first kappa shape index (κ1) is 6.05. The van der Waals surface area contributed by atoms with Crippen molar-refractivity contribution in [2.45, 2.75) is 31.8 Å². The maximum atomic E-state index is 8.65. The lowest BCUT2D eigenvalue weighted by molar-refractivity contribution is -0.699. The van der Waals surface area contributed by atoms with Crippen LogP contribution < -0.4 is 5.32 Å². The molecule has 3 N–H and O–H groups in total. The number of nitrogens with two attached hydrogens (primary N) is 1. The van der Waals surface area contributed by atoms with Gasteiger partial charge in [0, 0.05) is 12.8 Å². The standard InChI is InChI=1S/C6H13NO/c1-5-2-3-6(4-8)7-5/h5-8H,2-4H2,1H3/p+1/t5-,6-/m0/s1. The molecule has 0 aromatic heterocycles. The van der Waals surface area contributed by atoms with E-state index in [0.717, 1.165) is 6.04 Å². The van der Waals surface area contributed by atoms with Crippen LogP contribution in [-0.4, -0.2) is 23.8 Å². The summed E-state index contributed by atoms with van der Waals surface area (Å²) < 4.78 is 0. The predicted octanol–water partition coefficient (Wildman–Crippen LogP) is -0.907. The maximum Gasteiger partial charge on any atom is 0.110 e. The Morgan fingerprint density at radius 2 is 2.38 bits per heavy atom. The van der Waals surface area contributed by atoms with Gasteiger partial charge >= 0.3 is 0 Å². The number of hydrogen-bond acceptors (Lipinski definition) is 1. The first-order valence-corrected chi connectivity index (χ1v) is 3.28. The number of rotatable bonds is 1. The number of hydrogen-bond donors (Lipinski definition) is 2. The zero-order valence-electron chi connectivity index (χ0n) is 5.30. The van der Waals surface area contributed by atoms with Crippen LogP contribution in [0, 0.1) is 0 Å². The lowest BCUT2D eigenvalue weighted by Crippen LogP contribution is -2.91. The second kappa shape index (κ2) is 2.46. The van der Waals surface area contributed by atoms with Crippen molar-refractivity contribution < 1.29 is 10.4 Å². The van der Waals surface area contributed by atoms with E-state index < -0.39 is 0 Å². The van der Waals surface area contributed by atoms with Gasteiger partial charge in [-0.25, -0.2) is 0 Å². The number of aliphatic hydroxyl groups is 1. The van der Waals surface area contributed by atoms with Gasteiger partial charge in [0.2, 0.25) is 0 Å². The van der Waals surface area contributed by atoms with Gasteiger partial charge in [0.1, 0.15) is 6.04 Å². The summed E-state index contributed by atoms with van der Waals surface area (Å²) in [5.74, 6) is 0. The molecule has 0 unspecified atom stereocenters. The Labute approximate surface area is 49.9 Å². The summed E-state index contributed by atoms with van der Waals surface area (Å²) in [4.78, 5) is 0. The van der Waals surface area contributed by atoms with Crippen molar-refractivity contribution in [1.82, 2.24) is 0 Å². The Morgan fingerprint density at radius 1 is 1.62 bits per heavy atom. The normalized spacial score (nSPS) is 38.2. The van der Waals surface area contributed by atoms with Gasteiger partial charge in [0.05, 0.1) is 12.6 Å². The van der Waals surface area contributed by atoms with Crippen molar-refractivity contribution in [2.24, 2.45) is 0 Å². The highest BCUT2D eigenvalue weighted by molar-refractivity contribution is 4.62. The van der Waals surface area contributed by atoms with E-state index in [0.29, 0.717) is 12.6 Å². The highest BCUT2D eigenvalue weighted by Crippen LogP contribution is 2.01. The molecule has 1 saturated heterocycles. The average Bonchev–Trinajstić information content (AvgIpc) is 2.14. The minimum absolute atomic E-state index is 0.352. The lowest BCUT2D eigenvalue weighted by Gasteiger charge is -2.02. The quantitative estimate of drug-likeness (QED) is 0.457. The van der Waals surface area contributed by atoms with Crippen molar-refractivity contribution in [3.63, 3.8) is 0 Å². The fraction of sp³-hybridized carbons (Fsp3) is 1.00. The average molecular weight is 116 g/mol. The molecule has 0 aromatic rings. The Hall–Kier alpha value is -0.0800. The first-order chi connectivity index (χ1) is 3.83. The summed E-state index contributed by atoms with van der Waals surface area (Å²) in [5, 5.41) is 10.9. The largest absolute Gasteiger partial charge is 0.390 e. The summed E-state index contributed by atoms with van der Waals surface area (Å²) in [7, 11) is 0.